The molecule has 0 aromatic carbocycles. The summed E-state index contributed by atoms with van der Waals surface area (Å²) < 4.78 is 35.5. The quantitative estimate of drug-likeness (QED) is 0.338. The minimum absolute atomic E-state index is 0.0185. The van der Waals surface area contributed by atoms with Crippen molar-refractivity contribution in [2.24, 2.45) is 5.92 Å². The summed E-state index contributed by atoms with van der Waals surface area (Å²) in [4.78, 5) is 22.0. The molecule has 0 aliphatic heterocycles. The number of carbonyl (C=O) groups excluding carboxylic acids is 1. The lowest BCUT2D eigenvalue weighted by atomic mass is 9.97. The minimum atomic E-state index is -4.78. The van der Waals surface area contributed by atoms with Gasteiger partial charge in [0.05, 0.1) is 13.0 Å². The van der Waals surface area contributed by atoms with E-state index < -0.39 is 33.7 Å². The zero-order chi connectivity index (χ0) is 16.5. The third-order valence-electron chi connectivity index (χ3n) is 3.39. The highest BCUT2D eigenvalue weighted by Crippen LogP contribution is 2.16. The SMILES string of the molecule is CCC(CC)CCCCOC(=O)C(CC(=O)O)S(=O)(=O)O. The van der Waals surface area contributed by atoms with Crippen LogP contribution in [0.1, 0.15) is 52.4 Å². The molecule has 1 unspecified atom stereocenters. The van der Waals surface area contributed by atoms with Crippen LogP contribution in [0.2, 0.25) is 0 Å². The van der Waals surface area contributed by atoms with E-state index in [2.05, 4.69) is 13.8 Å². The normalized spacial score (nSPS) is 13.1. The molecular formula is C13H24O7S. The smallest absolute Gasteiger partial charge is 0.327 e. The lowest BCUT2D eigenvalue weighted by molar-refractivity contribution is -0.147. The molecule has 21 heavy (non-hydrogen) atoms. The maximum Gasteiger partial charge on any atom is 0.327 e. The number of ether oxygens (including phenoxy) is 1. The van der Waals surface area contributed by atoms with Gasteiger partial charge in [-0.1, -0.05) is 33.1 Å². The summed E-state index contributed by atoms with van der Waals surface area (Å²) in [5, 5.41) is 6.48. The summed E-state index contributed by atoms with van der Waals surface area (Å²) in [7, 11) is -4.78. The van der Waals surface area contributed by atoms with E-state index in [1.165, 1.54) is 0 Å². The number of carboxylic acid groups (broad SMARTS) is 1. The molecule has 124 valence electrons. The van der Waals surface area contributed by atoms with Crippen molar-refractivity contribution in [1.29, 1.82) is 0 Å². The monoisotopic (exact) mass is 324 g/mol. The third-order valence-corrected chi connectivity index (χ3v) is 4.47. The number of rotatable bonds is 11. The van der Waals surface area contributed by atoms with Gasteiger partial charge in [-0.2, -0.15) is 8.42 Å². The topological polar surface area (TPSA) is 118 Å². The molecule has 0 spiro atoms. The fourth-order valence-corrected chi connectivity index (χ4v) is 2.63. The van der Waals surface area contributed by atoms with E-state index in [0.717, 1.165) is 25.7 Å². The van der Waals surface area contributed by atoms with Crippen LogP contribution in [0.25, 0.3) is 0 Å². The Morgan fingerprint density at radius 3 is 2.14 bits per heavy atom. The second kappa shape index (κ2) is 9.73. The van der Waals surface area contributed by atoms with Gasteiger partial charge in [-0.05, 0) is 18.8 Å². The second-order valence-electron chi connectivity index (χ2n) is 4.95. The lowest BCUT2D eigenvalue weighted by Crippen LogP contribution is -2.34. The first-order valence-electron chi connectivity index (χ1n) is 7.07. The van der Waals surface area contributed by atoms with Crippen molar-refractivity contribution in [2.45, 2.75) is 57.6 Å². The summed E-state index contributed by atoms with van der Waals surface area (Å²) >= 11 is 0. The van der Waals surface area contributed by atoms with Gasteiger partial charge in [0.25, 0.3) is 10.1 Å². The number of carboxylic acids is 1. The first-order chi connectivity index (χ1) is 9.72. The fraction of sp³-hybridized carbons (Fsp3) is 0.846. The average molecular weight is 324 g/mol. The van der Waals surface area contributed by atoms with E-state index in [4.69, 9.17) is 14.4 Å². The molecule has 0 saturated heterocycles. The van der Waals surface area contributed by atoms with Gasteiger partial charge in [0.1, 0.15) is 0 Å². The summed E-state index contributed by atoms with van der Waals surface area (Å²) in [6.45, 7) is 4.23. The van der Waals surface area contributed by atoms with Gasteiger partial charge < -0.3 is 9.84 Å². The van der Waals surface area contributed by atoms with E-state index in [1.54, 1.807) is 0 Å². The molecule has 0 saturated carbocycles. The summed E-state index contributed by atoms with van der Waals surface area (Å²) in [5.74, 6) is -2.09. The summed E-state index contributed by atoms with van der Waals surface area (Å²) in [6.07, 6.45) is 3.58. The van der Waals surface area contributed by atoms with Gasteiger partial charge in [0, 0.05) is 0 Å². The second-order valence-corrected chi connectivity index (χ2v) is 6.55. The van der Waals surface area contributed by atoms with Crippen LogP contribution in [-0.4, -0.2) is 41.9 Å². The van der Waals surface area contributed by atoms with Crippen LogP contribution in [0, 0.1) is 5.92 Å². The highest BCUT2D eigenvalue weighted by molar-refractivity contribution is 7.87. The first-order valence-corrected chi connectivity index (χ1v) is 8.57. The number of unbranched alkanes of at least 4 members (excludes halogenated alkanes) is 1. The summed E-state index contributed by atoms with van der Waals surface area (Å²) in [5.41, 5.74) is 0. The Balaban J connectivity index is 4.19. The van der Waals surface area contributed by atoms with Gasteiger partial charge in [0.15, 0.2) is 5.25 Å². The molecule has 0 aromatic heterocycles. The fourth-order valence-electron chi connectivity index (χ4n) is 1.97. The van der Waals surface area contributed by atoms with E-state index in [0.29, 0.717) is 12.3 Å². The molecule has 0 heterocycles. The van der Waals surface area contributed by atoms with Crippen LogP contribution in [0.5, 0.6) is 0 Å². The van der Waals surface area contributed by atoms with Gasteiger partial charge in [-0.15, -0.1) is 0 Å². The molecule has 0 rings (SSSR count). The van der Waals surface area contributed by atoms with Gasteiger partial charge in [0.2, 0.25) is 0 Å². The molecule has 7 nitrogen and oxygen atoms in total. The predicted molar refractivity (Wildman–Crippen MR) is 76.5 cm³/mol. The molecule has 1 atom stereocenters. The van der Waals surface area contributed by atoms with Crippen LogP contribution in [0.4, 0.5) is 0 Å². The van der Waals surface area contributed by atoms with E-state index in [-0.39, 0.29) is 6.61 Å². The number of hydrogen-bond donors (Lipinski definition) is 2. The molecule has 0 fully saturated rings. The standard InChI is InChI=1S/C13H24O7S/c1-3-10(4-2)7-5-6-8-20-13(16)11(9-12(14)15)21(17,18)19/h10-11H,3-9H2,1-2H3,(H,14,15)(H,17,18,19). The Morgan fingerprint density at radius 2 is 1.71 bits per heavy atom. The van der Waals surface area contributed by atoms with Crippen LogP contribution in [-0.2, 0) is 24.4 Å². The molecule has 0 bridgehead atoms. The highest BCUT2D eigenvalue weighted by atomic mass is 32.2. The maximum absolute atomic E-state index is 11.5. The largest absolute Gasteiger partial charge is 0.481 e. The maximum atomic E-state index is 11.5. The molecule has 0 aromatic rings. The third kappa shape index (κ3) is 8.67. The minimum Gasteiger partial charge on any atom is -0.481 e. The van der Waals surface area contributed by atoms with Crippen molar-refractivity contribution in [3.8, 4) is 0 Å². The Hall–Kier alpha value is -1.15. The Labute approximate surface area is 125 Å². The van der Waals surface area contributed by atoms with Gasteiger partial charge in [-0.3, -0.25) is 14.1 Å². The van der Waals surface area contributed by atoms with E-state index >= 15 is 0 Å². The first kappa shape index (κ1) is 19.9. The molecule has 0 aliphatic rings. The van der Waals surface area contributed by atoms with Crippen molar-refractivity contribution in [3.05, 3.63) is 0 Å². The number of hydrogen-bond acceptors (Lipinski definition) is 5. The van der Waals surface area contributed by atoms with E-state index in [1.807, 2.05) is 0 Å². The zero-order valence-electron chi connectivity index (χ0n) is 12.4. The van der Waals surface area contributed by atoms with Crippen LogP contribution in [0.3, 0.4) is 0 Å². The average Bonchev–Trinajstić information content (AvgIpc) is 2.38. The van der Waals surface area contributed by atoms with E-state index in [9.17, 15) is 18.0 Å². The van der Waals surface area contributed by atoms with Crippen LogP contribution < -0.4 is 0 Å². The Bertz CT molecular complexity index is 426. The van der Waals surface area contributed by atoms with Crippen LogP contribution in [0.15, 0.2) is 0 Å². The zero-order valence-corrected chi connectivity index (χ0v) is 13.3. The lowest BCUT2D eigenvalue weighted by Gasteiger charge is -2.13. The van der Waals surface area contributed by atoms with Gasteiger partial charge in [-0.25, -0.2) is 0 Å². The molecule has 0 amide bonds. The number of esters is 1. The van der Waals surface area contributed by atoms with Crippen LogP contribution >= 0.6 is 0 Å². The predicted octanol–water partition coefficient (Wildman–Crippen LogP) is 1.87. The van der Waals surface area contributed by atoms with Crippen molar-refractivity contribution < 1.29 is 32.4 Å². The van der Waals surface area contributed by atoms with Crippen molar-refractivity contribution in [1.82, 2.24) is 0 Å². The number of carbonyl (C=O) groups is 2. The highest BCUT2D eigenvalue weighted by Gasteiger charge is 2.34. The number of aliphatic carboxylic acids is 1. The molecular weight excluding hydrogens is 300 g/mol. The summed E-state index contributed by atoms with van der Waals surface area (Å²) in [6, 6.07) is 0. The Kier molecular flexibility index (Phi) is 9.19. The van der Waals surface area contributed by atoms with Gasteiger partial charge >= 0.3 is 11.9 Å². The van der Waals surface area contributed by atoms with Crippen molar-refractivity contribution >= 4 is 22.1 Å². The molecule has 8 heteroatoms. The van der Waals surface area contributed by atoms with Crippen molar-refractivity contribution in [3.63, 3.8) is 0 Å². The Morgan fingerprint density at radius 1 is 1.14 bits per heavy atom. The molecule has 0 radical (unpaired) electrons. The molecule has 2 N–H and O–H groups in total. The molecule has 0 aliphatic carbocycles. The van der Waals surface area contributed by atoms with Crippen molar-refractivity contribution in [2.75, 3.05) is 6.61 Å².